The van der Waals surface area contributed by atoms with Crippen LogP contribution in [0.1, 0.15) is 12.8 Å². The number of hydrogen-bond donors (Lipinski definition) is 2. The fourth-order valence-corrected chi connectivity index (χ4v) is 4.18. The maximum Gasteiger partial charge on any atom is 0.328 e. The SMILES string of the molecule is CS(=O)(=O)N1CCC(CNC(=O)C2=NN(c3ccccc3)C(C(=O)O)C2)C1. The lowest BCUT2D eigenvalue weighted by Crippen LogP contribution is -2.37. The number of aliphatic carboxylic acids is 1. The second kappa shape index (κ2) is 7.65. The Morgan fingerprint density at radius 1 is 1.30 bits per heavy atom. The molecule has 1 aromatic rings. The van der Waals surface area contributed by atoms with Crippen LogP contribution in [-0.4, -0.2) is 67.3 Å². The van der Waals surface area contributed by atoms with E-state index in [4.69, 9.17) is 0 Å². The molecule has 2 N–H and O–H groups in total. The van der Waals surface area contributed by atoms with Crippen molar-refractivity contribution in [2.45, 2.75) is 18.9 Å². The smallest absolute Gasteiger partial charge is 0.328 e. The minimum Gasteiger partial charge on any atom is -0.480 e. The lowest BCUT2D eigenvalue weighted by molar-refractivity contribution is -0.138. The highest BCUT2D eigenvalue weighted by Crippen LogP contribution is 2.25. The fourth-order valence-electron chi connectivity index (χ4n) is 3.26. The quantitative estimate of drug-likeness (QED) is 0.706. The number of benzene rings is 1. The summed E-state index contributed by atoms with van der Waals surface area (Å²) in [6, 6.07) is 7.90. The van der Waals surface area contributed by atoms with Crippen LogP contribution in [0.5, 0.6) is 0 Å². The molecular weight excluding hydrogens is 372 g/mol. The molecule has 3 rings (SSSR count). The van der Waals surface area contributed by atoms with Gasteiger partial charge in [-0.2, -0.15) is 5.10 Å². The Bertz CT molecular complexity index is 855. The Labute approximate surface area is 157 Å². The first-order chi connectivity index (χ1) is 12.8. The third-order valence-corrected chi connectivity index (χ3v) is 6.02. The van der Waals surface area contributed by atoms with Crippen molar-refractivity contribution in [2.75, 3.05) is 30.9 Å². The van der Waals surface area contributed by atoms with Crippen molar-refractivity contribution < 1.29 is 23.1 Å². The van der Waals surface area contributed by atoms with Crippen LogP contribution in [0, 0.1) is 5.92 Å². The number of anilines is 1. The maximum absolute atomic E-state index is 12.4. The Morgan fingerprint density at radius 3 is 2.59 bits per heavy atom. The maximum atomic E-state index is 12.4. The van der Waals surface area contributed by atoms with Crippen LogP contribution in [0.4, 0.5) is 5.69 Å². The predicted molar refractivity (Wildman–Crippen MR) is 99.9 cm³/mol. The van der Waals surface area contributed by atoms with Gasteiger partial charge < -0.3 is 10.4 Å². The van der Waals surface area contributed by atoms with Gasteiger partial charge in [0.15, 0.2) is 6.04 Å². The minimum absolute atomic E-state index is 0.0101. The molecule has 2 aliphatic rings. The lowest BCUT2D eigenvalue weighted by atomic mass is 10.1. The molecule has 9 nitrogen and oxygen atoms in total. The van der Waals surface area contributed by atoms with Gasteiger partial charge in [0, 0.05) is 26.1 Å². The van der Waals surface area contributed by atoms with E-state index in [0.717, 1.165) is 0 Å². The number of carbonyl (C=O) groups is 2. The highest BCUT2D eigenvalue weighted by Gasteiger charge is 2.36. The van der Waals surface area contributed by atoms with Crippen LogP contribution in [0.2, 0.25) is 0 Å². The molecule has 10 heteroatoms. The van der Waals surface area contributed by atoms with Crippen LogP contribution in [0.15, 0.2) is 35.4 Å². The number of rotatable bonds is 6. The third-order valence-electron chi connectivity index (χ3n) is 4.75. The number of carbonyl (C=O) groups excluding carboxylic acids is 1. The van der Waals surface area contributed by atoms with Crippen molar-refractivity contribution >= 4 is 33.3 Å². The zero-order valence-corrected chi connectivity index (χ0v) is 15.7. The Hall–Kier alpha value is -2.46. The molecular formula is C17H22N4O5S. The number of nitrogens with zero attached hydrogens (tertiary/aromatic N) is 3. The van der Waals surface area contributed by atoms with Gasteiger partial charge in [-0.25, -0.2) is 17.5 Å². The predicted octanol–water partition coefficient (Wildman–Crippen LogP) is 0.104. The lowest BCUT2D eigenvalue weighted by Gasteiger charge is -2.19. The number of hydrogen-bond acceptors (Lipinski definition) is 6. The molecule has 0 aliphatic carbocycles. The Morgan fingerprint density at radius 2 is 2.00 bits per heavy atom. The zero-order valence-electron chi connectivity index (χ0n) is 14.9. The van der Waals surface area contributed by atoms with Crippen LogP contribution < -0.4 is 10.3 Å². The van der Waals surface area contributed by atoms with E-state index < -0.39 is 27.9 Å². The van der Waals surface area contributed by atoms with Gasteiger partial charge in [-0.1, -0.05) is 18.2 Å². The average molecular weight is 394 g/mol. The number of hydrazone groups is 1. The van der Waals surface area contributed by atoms with Crippen molar-refractivity contribution in [3.8, 4) is 0 Å². The average Bonchev–Trinajstić information content (AvgIpc) is 3.27. The number of carboxylic acids is 1. The minimum atomic E-state index is -3.22. The summed E-state index contributed by atoms with van der Waals surface area (Å²) in [5, 5.41) is 17.8. The van der Waals surface area contributed by atoms with Crippen LogP contribution in [0.3, 0.4) is 0 Å². The molecule has 2 heterocycles. The molecule has 0 bridgehead atoms. The van der Waals surface area contributed by atoms with E-state index in [1.807, 2.05) is 6.07 Å². The zero-order chi connectivity index (χ0) is 19.6. The van der Waals surface area contributed by atoms with Gasteiger partial charge in [0.05, 0.1) is 11.9 Å². The van der Waals surface area contributed by atoms with Crippen molar-refractivity contribution in [3.63, 3.8) is 0 Å². The molecule has 1 aromatic carbocycles. The molecule has 0 saturated carbocycles. The van der Waals surface area contributed by atoms with Gasteiger partial charge in [-0.15, -0.1) is 0 Å². The number of carboxylic acid groups (broad SMARTS) is 1. The van der Waals surface area contributed by atoms with Crippen LogP contribution in [0.25, 0.3) is 0 Å². The molecule has 146 valence electrons. The summed E-state index contributed by atoms with van der Waals surface area (Å²) >= 11 is 0. The molecule has 2 atom stereocenters. The molecule has 1 fully saturated rings. The van der Waals surface area contributed by atoms with Gasteiger partial charge in [0.25, 0.3) is 5.91 Å². The molecule has 2 unspecified atom stereocenters. The van der Waals surface area contributed by atoms with Crippen molar-refractivity contribution in [2.24, 2.45) is 11.0 Å². The Kier molecular flexibility index (Phi) is 5.47. The van der Waals surface area contributed by atoms with Crippen molar-refractivity contribution in [3.05, 3.63) is 30.3 Å². The number of para-hydroxylation sites is 1. The summed E-state index contributed by atoms with van der Waals surface area (Å²) in [5.74, 6) is -1.44. The van der Waals surface area contributed by atoms with Gasteiger partial charge >= 0.3 is 5.97 Å². The van der Waals surface area contributed by atoms with Crippen LogP contribution in [-0.2, 0) is 19.6 Å². The molecule has 0 radical (unpaired) electrons. The van der Waals surface area contributed by atoms with E-state index in [-0.39, 0.29) is 18.1 Å². The Balaban J connectivity index is 1.62. The first-order valence-electron chi connectivity index (χ1n) is 8.63. The highest BCUT2D eigenvalue weighted by atomic mass is 32.2. The number of sulfonamides is 1. The molecule has 0 spiro atoms. The van der Waals surface area contributed by atoms with E-state index in [1.165, 1.54) is 15.6 Å². The normalized spacial score (nSPS) is 23.3. The van der Waals surface area contributed by atoms with E-state index in [0.29, 0.717) is 31.7 Å². The molecule has 2 aliphatic heterocycles. The van der Waals surface area contributed by atoms with E-state index in [2.05, 4.69) is 10.4 Å². The monoisotopic (exact) mass is 394 g/mol. The van der Waals surface area contributed by atoms with Gasteiger partial charge in [0.2, 0.25) is 10.0 Å². The standard InChI is InChI=1S/C17H22N4O5S/c1-27(25,26)20-8-7-12(11-20)10-18-16(22)14-9-15(17(23)24)21(19-14)13-5-3-2-4-6-13/h2-6,12,15H,7-11H2,1H3,(H,18,22)(H,23,24). The third kappa shape index (κ3) is 4.45. The number of amides is 1. The highest BCUT2D eigenvalue weighted by molar-refractivity contribution is 7.88. The van der Waals surface area contributed by atoms with Crippen LogP contribution >= 0.6 is 0 Å². The second-order valence-corrected chi connectivity index (χ2v) is 8.75. The first kappa shape index (κ1) is 19.3. The second-order valence-electron chi connectivity index (χ2n) is 6.77. The van der Waals surface area contributed by atoms with E-state index in [9.17, 15) is 23.1 Å². The van der Waals surface area contributed by atoms with Gasteiger partial charge in [-0.05, 0) is 24.5 Å². The largest absolute Gasteiger partial charge is 0.480 e. The summed E-state index contributed by atoms with van der Waals surface area (Å²) in [6.07, 6.45) is 1.86. The first-order valence-corrected chi connectivity index (χ1v) is 10.5. The fraction of sp³-hybridized carbons (Fsp3) is 0.471. The van der Waals surface area contributed by atoms with Gasteiger partial charge in [-0.3, -0.25) is 9.80 Å². The van der Waals surface area contributed by atoms with E-state index >= 15 is 0 Å². The topological polar surface area (TPSA) is 119 Å². The summed E-state index contributed by atoms with van der Waals surface area (Å²) < 4.78 is 24.5. The molecule has 1 saturated heterocycles. The molecule has 27 heavy (non-hydrogen) atoms. The van der Waals surface area contributed by atoms with Crippen molar-refractivity contribution in [1.82, 2.24) is 9.62 Å². The van der Waals surface area contributed by atoms with E-state index in [1.54, 1.807) is 24.3 Å². The van der Waals surface area contributed by atoms with Crippen molar-refractivity contribution in [1.29, 1.82) is 0 Å². The summed E-state index contributed by atoms with van der Waals surface area (Å²) in [4.78, 5) is 24.0. The summed E-state index contributed by atoms with van der Waals surface area (Å²) in [7, 11) is -3.22. The molecule has 1 amide bonds. The summed E-state index contributed by atoms with van der Waals surface area (Å²) in [5.41, 5.74) is 0.761. The molecule has 0 aromatic heterocycles. The summed E-state index contributed by atoms with van der Waals surface area (Å²) in [6.45, 7) is 1.15. The number of nitrogens with one attached hydrogen (secondary N) is 1. The van der Waals surface area contributed by atoms with Gasteiger partial charge in [0.1, 0.15) is 5.71 Å².